The number of hydrogen-bond donors (Lipinski definition) is 2. The number of amides is 1. The third-order valence-corrected chi connectivity index (χ3v) is 4.06. The highest BCUT2D eigenvalue weighted by Crippen LogP contribution is 2.20. The molecule has 1 aromatic heterocycles. The summed E-state index contributed by atoms with van der Waals surface area (Å²) in [7, 11) is 0. The van der Waals surface area contributed by atoms with Crippen molar-refractivity contribution in [2.45, 2.75) is 31.7 Å². The van der Waals surface area contributed by atoms with Gasteiger partial charge in [0.25, 0.3) is 5.91 Å². The van der Waals surface area contributed by atoms with Crippen LogP contribution in [0.5, 0.6) is 0 Å². The van der Waals surface area contributed by atoms with Gasteiger partial charge in [-0.15, -0.1) is 11.3 Å². The number of aromatic nitrogens is 1. The van der Waals surface area contributed by atoms with E-state index >= 15 is 0 Å². The summed E-state index contributed by atoms with van der Waals surface area (Å²) in [6, 6.07) is 0. The molecule has 1 fully saturated rings. The number of nitrogens with zero attached hydrogens (tertiary/aromatic N) is 1. The molecule has 1 saturated heterocycles. The molecule has 2 heterocycles. The molecular weight excluding hydrogens is 250 g/mol. The van der Waals surface area contributed by atoms with Crippen molar-refractivity contribution in [3.63, 3.8) is 0 Å². The van der Waals surface area contributed by atoms with E-state index in [1.165, 1.54) is 11.3 Å². The molecule has 18 heavy (non-hydrogen) atoms. The first kappa shape index (κ1) is 13.5. The molecular formula is C12H19N3O2S. The maximum absolute atomic E-state index is 12.1. The van der Waals surface area contributed by atoms with E-state index in [2.05, 4.69) is 17.2 Å². The van der Waals surface area contributed by atoms with Crippen molar-refractivity contribution in [2.75, 3.05) is 19.8 Å². The van der Waals surface area contributed by atoms with Gasteiger partial charge in [0.15, 0.2) is 0 Å². The summed E-state index contributed by atoms with van der Waals surface area (Å²) in [6.07, 6.45) is 2.42. The van der Waals surface area contributed by atoms with E-state index in [9.17, 15) is 4.79 Å². The van der Waals surface area contributed by atoms with Gasteiger partial charge in [-0.3, -0.25) is 4.79 Å². The molecule has 1 aliphatic heterocycles. The molecule has 0 spiro atoms. The van der Waals surface area contributed by atoms with Crippen molar-refractivity contribution >= 4 is 17.2 Å². The molecule has 5 nitrogen and oxygen atoms in total. The van der Waals surface area contributed by atoms with Crippen LogP contribution in [-0.2, 0) is 11.2 Å². The lowest BCUT2D eigenvalue weighted by Crippen LogP contribution is -2.49. The summed E-state index contributed by atoms with van der Waals surface area (Å²) < 4.78 is 5.31. The smallest absolute Gasteiger partial charge is 0.271 e. The molecule has 1 aromatic rings. The highest BCUT2D eigenvalue weighted by molar-refractivity contribution is 7.09. The third-order valence-electron chi connectivity index (χ3n) is 3.15. The number of ether oxygens (including phenoxy) is 1. The number of nitrogens with one attached hydrogen (secondary N) is 1. The zero-order valence-corrected chi connectivity index (χ0v) is 11.4. The van der Waals surface area contributed by atoms with E-state index in [-0.39, 0.29) is 11.4 Å². The second-order valence-electron chi connectivity index (χ2n) is 4.79. The van der Waals surface area contributed by atoms with Crippen molar-refractivity contribution < 1.29 is 9.53 Å². The molecule has 0 atom stereocenters. The topological polar surface area (TPSA) is 77.2 Å². The molecule has 0 bridgehead atoms. The van der Waals surface area contributed by atoms with Gasteiger partial charge in [0, 0.05) is 30.6 Å². The molecule has 100 valence electrons. The van der Waals surface area contributed by atoms with Crippen molar-refractivity contribution in [3.8, 4) is 0 Å². The van der Waals surface area contributed by atoms with Gasteiger partial charge in [-0.1, -0.05) is 0 Å². The molecule has 0 radical (unpaired) electrons. The molecule has 6 heteroatoms. The molecule has 2 rings (SSSR count). The van der Waals surface area contributed by atoms with Gasteiger partial charge in [0.2, 0.25) is 0 Å². The Morgan fingerprint density at radius 3 is 3.00 bits per heavy atom. The summed E-state index contributed by atoms with van der Waals surface area (Å²) in [6.45, 7) is 4.02. The number of thiazole rings is 1. The number of rotatable bonds is 4. The van der Waals surface area contributed by atoms with E-state index in [4.69, 9.17) is 10.5 Å². The van der Waals surface area contributed by atoms with Gasteiger partial charge >= 0.3 is 0 Å². The van der Waals surface area contributed by atoms with Gasteiger partial charge in [-0.2, -0.15) is 0 Å². The predicted octanol–water partition coefficient (Wildman–Crippen LogP) is 0.943. The number of carbonyl (C=O) groups is 1. The average molecular weight is 269 g/mol. The quantitative estimate of drug-likeness (QED) is 0.853. The first-order chi connectivity index (χ1) is 8.63. The van der Waals surface area contributed by atoms with Gasteiger partial charge < -0.3 is 15.8 Å². The second kappa shape index (κ2) is 5.77. The summed E-state index contributed by atoms with van der Waals surface area (Å²) in [5.74, 6) is -0.0982. The van der Waals surface area contributed by atoms with E-state index < -0.39 is 0 Å². The zero-order valence-electron chi connectivity index (χ0n) is 10.6. The lowest BCUT2D eigenvalue weighted by Gasteiger charge is -2.34. The van der Waals surface area contributed by atoms with Crippen molar-refractivity contribution in [2.24, 2.45) is 5.73 Å². The van der Waals surface area contributed by atoms with Crippen molar-refractivity contribution in [1.29, 1.82) is 0 Å². The second-order valence-corrected chi connectivity index (χ2v) is 5.73. The van der Waals surface area contributed by atoms with Crippen LogP contribution < -0.4 is 11.1 Å². The summed E-state index contributed by atoms with van der Waals surface area (Å²) in [4.78, 5) is 16.4. The van der Waals surface area contributed by atoms with Gasteiger partial charge in [0.1, 0.15) is 5.69 Å². The first-order valence-electron chi connectivity index (χ1n) is 6.18. The Labute approximate surface area is 111 Å². The van der Waals surface area contributed by atoms with E-state index in [0.29, 0.717) is 25.5 Å². The molecule has 0 saturated carbocycles. The first-order valence-corrected chi connectivity index (χ1v) is 7.06. The predicted molar refractivity (Wildman–Crippen MR) is 70.8 cm³/mol. The van der Waals surface area contributed by atoms with Crippen LogP contribution in [0.3, 0.4) is 0 Å². The Hall–Kier alpha value is -0.980. The Morgan fingerprint density at radius 2 is 2.33 bits per heavy atom. The lowest BCUT2D eigenvalue weighted by molar-refractivity contribution is 0.0421. The summed E-state index contributed by atoms with van der Waals surface area (Å²) >= 11 is 1.49. The fraction of sp³-hybridized carbons (Fsp3) is 0.667. The Kier molecular flexibility index (Phi) is 4.31. The molecule has 0 unspecified atom stereocenters. The van der Waals surface area contributed by atoms with Gasteiger partial charge in [0.05, 0.1) is 5.01 Å². The zero-order chi connectivity index (χ0) is 13.0. The number of hydrogen-bond acceptors (Lipinski definition) is 5. The SMILES string of the molecule is CC1(NC(=O)c2csc(CCN)n2)CCOCC1. The molecule has 0 aromatic carbocycles. The Morgan fingerprint density at radius 1 is 1.61 bits per heavy atom. The monoisotopic (exact) mass is 269 g/mol. The van der Waals surface area contributed by atoms with Crippen LogP contribution in [0.4, 0.5) is 0 Å². The van der Waals surface area contributed by atoms with Crippen LogP contribution in [0.15, 0.2) is 5.38 Å². The van der Waals surface area contributed by atoms with Gasteiger partial charge in [-0.25, -0.2) is 4.98 Å². The number of nitrogens with two attached hydrogens (primary N) is 1. The van der Waals surface area contributed by atoms with Crippen LogP contribution in [-0.4, -0.2) is 36.2 Å². The number of carbonyl (C=O) groups excluding carboxylic acids is 1. The van der Waals surface area contributed by atoms with Crippen LogP contribution in [0.2, 0.25) is 0 Å². The normalized spacial score (nSPS) is 18.6. The summed E-state index contributed by atoms with van der Waals surface area (Å²) in [5, 5.41) is 5.77. The van der Waals surface area contributed by atoms with Gasteiger partial charge in [-0.05, 0) is 26.3 Å². The van der Waals surface area contributed by atoms with Crippen LogP contribution in [0.25, 0.3) is 0 Å². The van der Waals surface area contributed by atoms with Crippen LogP contribution in [0.1, 0.15) is 35.3 Å². The molecule has 1 amide bonds. The highest BCUT2D eigenvalue weighted by Gasteiger charge is 2.29. The maximum atomic E-state index is 12.1. The Bertz CT molecular complexity index is 413. The fourth-order valence-corrected chi connectivity index (χ4v) is 2.73. The molecule has 1 aliphatic rings. The summed E-state index contributed by atoms with van der Waals surface area (Å²) in [5.41, 5.74) is 5.79. The standard InChI is InChI=1S/C12H19N3O2S/c1-12(3-6-17-7-4-12)15-11(16)9-8-18-10(14-9)2-5-13/h8H,2-7,13H2,1H3,(H,15,16). The minimum Gasteiger partial charge on any atom is -0.381 e. The maximum Gasteiger partial charge on any atom is 0.271 e. The minimum absolute atomic E-state index is 0.0982. The fourth-order valence-electron chi connectivity index (χ4n) is 1.94. The van der Waals surface area contributed by atoms with E-state index in [1.54, 1.807) is 5.38 Å². The molecule has 0 aliphatic carbocycles. The minimum atomic E-state index is -0.174. The van der Waals surface area contributed by atoms with Crippen molar-refractivity contribution in [1.82, 2.24) is 10.3 Å². The third kappa shape index (κ3) is 3.28. The van der Waals surface area contributed by atoms with Crippen molar-refractivity contribution in [3.05, 3.63) is 16.1 Å². The largest absolute Gasteiger partial charge is 0.381 e. The lowest BCUT2D eigenvalue weighted by atomic mass is 9.92. The highest BCUT2D eigenvalue weighted by atomic mass is 32.1. The average Bonchev–Trinajstić information content (AvgIpc) is 2.78. The Balaban J connectivity index is 1.97. The van der Waals surface area contributed by atoms with E-state index in [1.807, 2.05) is 0 Å². The van der Waals surface area contributed by atoms with E-state index in [0.717, 1.165) is 24.3 Å². The molecule has 3 N–H and O–H groups in total. The van der Waals surface area contributed by atoms with Crippen LogP contribution in [0, 0.1) is 0 Å². The van der Waals surface area contributed by atoms with Crippen LogP contribution >= 0.6 is 11.3 Å².